The predicted octanol–water partition coefficient (Wildman–Crippen LogP) is 5.92. The molecule has 2 aromatic rings. The predicted molar refractivity (Wildman–Crippen MR) is 141 cm³/mol. The van der Waals surface area contributed by atoms with Crippen molar-refractivity contribution in [3.63, 3.8) is 0 Å². The van der Waals surface area contributed by atoms with Crippen molar-refractivity contribution in [3.05, 3.63) is 59.7 Å². The third kappa shape index (κ3) is 5.33. The molecule has 5 rings (SSSR count). The lowest BCUT2D eigenvalue weighted by Gasteiger charge is -2.35. The minimum absolute atomic E-state index is 0.00990. The Kier molecular flexibility index (Phi) is 6.69. The molecule has 2 unspecified atom stereocenters. The quantitative estimate of drug-likeness (QED) is 0.526. The Hall–Kier alpha value is -3.06. The van der Waals surface area contributed by atoms with E-state index in [1.165, 1.54) is 22.3 Å². The molecule has 1 saturated heterocycles. The molecule has 7 heteroatoms. The number of ether oxygens (including phenoxy) is 3. The summed E-state index contributed by atoms with van der Waals surface area (Å²) in [5.41, 5.74) is 3.58. The lowest BCUT2D eigenvalue weighted by atomic mass is 9.98. The van der Waals surface area contributed by atoms with Crippen molar-refractivity contribution in [3.8, 4) is 11.1 Å². The molecule has 2 amide bonds. The van der Waals surface area contributed by atoms with Crippen molar-refractivity contribution in [2.45, 2.75) is 70.7 Å². The van der Waals surface area contributed by atoms with E-state index in [1.807, 2.05) is 58.9 Å². The standard InChI is InChI=1S/C30H38N2O5/c1-29(2,3)37-28(34)32-26(18-36-30(32,4)5)24-16-19(24)14-15-31-27(33)35-17-25-22-12-8-6-10-20(22)21-11-7-9-13-23(21)25/h6-13,19,24-26H,14-18H2,1-5H3,(H,31,33)/t19?,24?,26-/m1/s1. The topological polar surface area (TPSA) is 77.1 Å². The highest BCUT2D eigenvalue weighted by Crippen LogP contribution is 2.49. The number of fused-ring (bicyclic) bond motifs is 3. The number of benzene rings is 2. The smallest absolute Gasteiger partial charge is 0.412 e. The molecule has 1 heterocycles. The molecule has 3 aliphatic rings. The fourth-order valence-electron chi connectivity index (χ4n) is 5.90. The van der Waals surface area contributed by atoms with Crippen LogP contribution in [0.3, 0.4) is 0 Å². The maximum atomic E-state index is 12.9. The average molecular weight is 507 g/mol. The first-order chi connectivity index (χ1) is 17.5. The molecule has 0 bridgehead atoms. The number of alkyl carbamates (subject to hydrolysis) is 1. The van der Waals surface area contributed by atoms with Crippen molar-refractivity contribution in [2.75, 3.05) is 19.8 Å². The van der Waals surface area contributed by atoms with Crippen LogP contribution in [0, 0.1) is 11.8 Å². The largest absolute Gasteiger partial charge is 0.449 e. The summed E-state index contributed by atoms with van der Waals surface area (Å²) in [6.45, 7) is 10.8. The third-order valence-electron chi connectivity index (χ3n) is 7.71. The monoisotopic (exact) mass is 506 g/mol. The highest BCUT2D eigenvalue weighted by molar-refractivity contribution is 5.79. The van der Waals surface area contributed by atoms with Gasteiger partial charge in [-0.05, 0) is 81.5 Å². The highest BCUT2D eigenvalue weighted by Gasteiger charge is 2.54. The Labute approximate surface area is 219 Å². The molecule has 0 spiro atoms. The first kappa shape index (κ1) is 25.6. The van der Waals surface area contributed by atoms with Gasteiger partial charge in [0, 0.05) is 12.5 Å². The summed E-state index contributed by atoms with van der Waals surface area (Å²) in [5, 5.41) is 2.92. The van der Waals surface area contributed by atoms with Crippen molar-refractivity contribution in [1.29, 1.82) is 0 Å². The first-order valence-corrected chi connectivity index (χ1v) is 13.3. The number of nitrogens with zero attached hydrogens (tertiary/aromatic N) is 1. The molecule has 198 valence electrons. The number of carbonyl (C=O) groups excluding carboxylic acids is 2. The van der Waals surface area contributed by atoms with Crippen LogP contribution >= 0.6 is 0 Å². The lowest BCUT2D eigenvalue weighted by Crippen LogP contribution is -2.50. The van der Waals surface area contributed by atoms with Crippen LogP contribution in [0.25, 0.3) is 11.1 Å². The summed E-state index contributed by atoms with van der Waals surface area (Å²) in [4.78, 5) is 27.2. The Morgan fingerprint density at radius 1 is 1.05 bits per heavy atom. The Morgan fingerprint density at radius 2 is 1.68 bits per heavy atom. The molecular formula is C30H38N2O5. The summed E-state index contributed by atoms with van der Waals surface area (Å²) >= 11 is 0. The minimum atomic E-state index is -0.695. The molecular weight excluding hydrogens is 468 g/mol. The Balaban J connectivity index is 1.10. The van der Waals surface area contributed by atoms with Gasteiger partial charge in [-0.3, -0.25) is 4.90 Å². The molecule has 0 radical (unpaired) electrons. The fourth-order valence-corrected chi connectivity index (χ4v) is 5.90. The molecule has 0 aromatic heterocycles. The van der Waals surface area contributed by atoms with E-state index in [0.717, 1.165) is 12.8 Å². The van der Waals surface area contributed by atoms with Gasteiger partial charge in [-0.25, -0.2) is 9.59 Å². The lowest BCUT2D eigenvalue weighted by molar-refractivity contribution is -0.0633. The number of carbonyl (C=O) groups is 2. The second kappa shape index (κ2) is 9.67. The average Bonchev–Trinajstić information content (AvgIpc) is 3.42. The van der Waals surface area contributed by atoms with Gasteiger partial charge < -0.3 is 19.5 Å². The summed E-state index contributed by atoms with van der Waals surface area (Å²) in [6, 6.07) is 16.6. The molecule has 1 saturated carbocycles. The molecule has 3 atom stereocenters. The van der Waals surface area contributed by atoms with Crippen LogP contribution in [0.4, 0.5) is 9.59 Å². The van der Waals surface area contributed by atoms with Crippen LogP contribution in [0.2, 0.25) is 0 Å². The van der Waals surface area contributed by atoms with Gasteiger partial charge in [0.15, 0.2) is 0 Å². The van der Waals surface area contributed by atoms with Gasteiger partial charge in [0.05, 0.1) is 12.6 Å². The molecule has 2 fully saturated rings. The van der Waals surface area contributed by atoms with Crippen molar-refractivity contribution >= 4 is 12.2 Å². The fraction of sp³-hybridized carbons (Fsp3) is 0.533. The summed E-state index contributed by atoms with van der Waals surface area (Å²) in [5.74, 6) is 0.829. The second-order valence-electron chi connectivity index (χ2n) is 11.9. The molecule has 2 aromatic carbocycles. The Morgan fingerprint density at radius 3 is 2.30 bits per heavy atom. The van der Waals surface area contributed by atoms with E-state index in [1.54, 1.807) is 4.90 Å². The van der Waals surface area contributed by atoms with Crippen molar-refractivity contribution in [1.82, 2.24) is 10.2 Å². The number of nitrogens with one attached hydrogen (secondary N) is 1. The zero-order valence-electron chi connectivity index (χ0n) is 22.5. The van der Waals surface area contributed by atoms with Crippen molar-refractivity contribution in [2.24, 2.45) is 11.8 Å². The minimum Gasteiger partial charge on any atom is -0.449 e. The molecule has 2 aliphatic carbocycles. The summed E-state index contributed by atoms with van der Waals surface area (Å²) < 4.78 is 17.3. The molecule has 1 aliphatic heterocycles. The van der Waals surface area contributed by atoms with Crippen LogP contribution in [0.15, 0.2) is 48.5 Å². The molecule has 1 N–H and O–H groups in total. The number of hydrogen-bond acceptors (Lipinski definition) is 5. The van der Waals surface area contributed by atoms with Crippen molar-refractivity contribution < 1.29 is 23.8 Å². The van der Waals surface area contributed by atoms with Gasteiger partial charge in [0.25, 0.3) is 0 Å². The van der Waals surface area contributed by atoms with Gasteiger partial charge in [-0.2, -0.15) is 0 Å². The zero-order valence-corrected chi connectivity index (χ0v) is 22.5. The maximum Gasteiger partial charge on any atom is 0.412 e. The van der Waals surface area contributed by atoms with E-state index in [9.17, 15) is 9.59 Å². The van der Waals surface area contributed by atoms with Crippen LogP contribution in [0.5, 0.6) is 0 Å². The zero-order chi connectivity index (χ0) is 26.4. The summed E-state index contributed by atoms with van der Waals surface area (Å²) in [6.07, 6.45) is 1.13. The van der Waals surface area contributed by atoms with Gasteiger partial charge in [0.2, 0.25) is 0 Å². The van der Waals surface area contributed by atoms with Crippen LogP contribution in [-0.4, -0.2) is 54.2 Å². The van der Waals surface area contributed by atoms with Gasteiger partial charge in [0.1, 0.15) is 17.9 Å². The number of rotatable bonds is 6. The van der Waals surface area contributed by atoms with E-state index >= 15 is 0 Å². The van der Waals surface area contributed by atoms with Gasteiger partial charge in [-0.15, -0.1) is 0 Å². The SMILES string of the molecule is CC(C)(C)OC(=O)N1[C@@H](C2CC2CCNC(=O)OCC2c3ccccc3-c3ccccc32)COC1(C)C. The number of hydrogen-bond donors (Lipinski definition) is 1. The first-order valence-electron chi connectivity index (χ1n) is 13.3. The van der Waals surface area contributed by atoms with Gasteiger partial charge >= 0.3 is 12.2 Å². The van der Waals surface area contributed by atoms with E-state index < -0.39 is 11.3 Å². The third-order valence-corrected chi connectivity index (χ3v) is 7.71. The summed E-state index contributed by atoms with van der Waals surface area (Å²) in [7, 11) is 0. The second-order valence-corrected chi connectivity index (χ2v) is 11.9. The Bertz CT molecular complexity index is 1130. The van der Waals surface area contributed by atoms with E-state index in [-0.39, 0.29) is 24.1 Å². The molecule has 37 heavy (non-hydrogen) atoms. The highest BCUT2D eigenvalue weighted by atomic mass is 16.6. The van der Waals surface area contributed by atoms with E-state index in [2.05, 4.69) is 29.6 Å². The van der Waals surface area contributed by atoms with E-state index in [4.69, 9.17) is 14.2 Å². The van der Waals surface area contributed by atoms with Gasteiger partial charge in [-0.1, -0.05) is 48.5 Å². The molecule has 7 nitrogen and oxygen atoms in total. The van der Waals surface area contributed by atoms with Crippen LogP contribution < -0.4 is 5.32 Å². The normalized spacial score (nSPS) is 23.8. The number of amides is 2. The van der Waals surface area contributed by atoms with Crippen LogP contribution in [0.1, 0.15) is 64.5 Å². The van der Waals surface area contributed by atoms with E-state index in [0.29, 0.717) is 31.6 Å². The maximum absolute atomic E-state index is 12.9. The van der Waals surface area contributed by atoms with Crippen LogP contribution in [-0.2, 0) is 14.2 Å².